The minimum absolute atomic E-state index is 0.630. The second-order valence-electron chi connectivity index (χ2n) is 14.0. The number of rotatable bonds is 5. The van der Waals surface area contributed by atoms with E-state index in [1.807, 2.05) is 18.2 Å². The number of hydrogen-bond acceptors (Lipinski definition) is 3. The molecule has 0 aliphatic rings. The Morgan fingerprint density at radius 2 is 0.927 bits per heavy atom. The van der Waals surface area contributed by atoms with Crippen LogP contribution >= 0.6 is 0 Å². The van der Waals surface area contributed by atoms with Gasteiger partial charge in [0.25, 0.3) is 0 Å². The van der Waals surface area contributed by atoms with E-state index in [9.17, 15) is 0 Å². The van der Waals surface area contributed by atoms with Crippen LogP contribution in [0.15, 0.2) is 194 Å². The molecular formula is C51H32N4. The van der Waals surface area contributed by atoms with Gasteiger partial charge in [-0.1, -0.05) is 164 Å². The second-order valence-corrected chi connectivity index (χ2v) is 14.0. The van der Waals surface area contributed by atoms with Gasteiger partial charge in [0.05, 0.1) is 11.0 Å². The lowest BCUT2D eigenvalue weighted by Crippen LogP contribution is -2.02. The van der Waals surface area contributed by atoms with Gasteiger partial charge >= 0.3 is 0 Å². The van der Waals surface area contributed by atoms with Gasteiger partial charge in [0, 0.05) is 33.2 Å². The predicted molar refractivity (Wildman–Crippen MR) is 228 cm³/mol. The molecule has 11 rings (SSSR count). The van der Waals surface area contributed by atoms with Crippen molar-refractivity contribution < 1.29 is 0 Å². The summed E-state index contributed by atoms with van der Waals surface area (Å²) in [5.41, 5.74) is 8.52. The Morgan fingerprint density at radius 3 is 1.76 bits per heavy atom. The molecular weight excluding hydrogens is 669 g/mol. The monoisotopic (exact) mass is 700 g/mol. The van der Waals surface area contributed by atoms with Crippen LogP contribution in [0.1, 0.15) is 0 Å². The van der Waals surface area contributed by atoms with Crippen LogP contribution in [0.3, 0.4) is 0 Å². The van der Waals surface area contributed by atoms with Gasteiger partial charge in [0.15, 0.2) is 17.5 Å². The zero-order chi connectivity index (χ0) is 36.3. The van der Waals surface area contributed by atoms with Crippen LogP contribution in [-0.4, -0.2) is 19.5 Å². The molecule has 0 aliphatic heterocycles. The largest absolute Gasteiger partial charge is 0.309 e. The lowest BCUT2D eigenvalue weighted by molar-refractivity contribution is 1.08. The molecule has 0 unspecified atom stereocenters. The van der Waals surface area contributed by atoms with Crippen molar-refractivity contribution in [1.29, 1.82) is 0 Å². The summed E-state index contributed by atoms with van der Waals surface area (Å²) in [6.07, 6.45) is 0. The van der Waals surface area contributed by atoms with Crippen molar-refractivity contribution in [3.63, 3.8) is 0 Å². The van der Waals surface area contributed by atoms with Gasteiger partial charge in [-0.15, -0.1) is 0 Å². The fourth-order valence-electron chi connectivity index (χ4n) is 8.40. The van der Waals surface area contributed by atoms with Gasteiger partial charge in [0.1, 0.15) is 0 Å². The van der Waals surface area contributed by atoms with Crippen molar-refractivity contribution in [1.82, 2.24) is 19.5 Å². The summed E-state index contributed by atoms with van der Waals surface area (Å²) in [5.74, 6) is 1.91. The van der Waals surface area contributed by atoms with Crippen LogP contribution in [0, 0.1) is 0 Å². The Labute approximate surface area is 317 Å². The average Bonchev–Trinajstić information content (AvgIpc) is 3.61. The molecule has 2 heterocycles. The van der Waals surface area contributed by atoms with Crippen LogP contribution in [0.4, 0.5) is 0 Å². The normalized spacial score (nSPS) is 11.6. The SMILES string of the molecule is c1ccc(-c2nc(-c3ccccc3-c3cccc4c3c3ccccc3n4-c3ccccc3)nc(-c3c4ccccc4cc4c3ccc3ccccc34)n2)cc1. The molecule has 4 heteroatoms. The summed E-state index contributed by atoms with van der Waals surface area (Å²) < 4.78 is 2.36. The molecule has 0 saturated carbocycles. The van der Waals surface area contributed by atoms with Crippen molar-refractivity contribution in [2.75, 3.05) is 0 Å². The molecule has 256 valence electrons. The third kappa shape index (κ3) is 5.03. The molecule has 0 aliphatic carbocycles. The Bertz CT molecular complexity index is 3260. The molecule has 0 atom stereocenters. The van der Waals surface area contributed by atoms with E-state index in [1.54, 1.807) is 0 Å². The fraction of sp³-hybridized carbons (Fsp3) is 0. The topological polar surface area (TPSA) is 43.6 Å². The number of aromatic nitrogens is 4. The fourth-order valence-corrected chi connectivity index (χ4v) is 8.40. The summed E-state index contributed by atoms with van der Waals surface area (Å²) in [6, 6.07) is 68.5. The molecule has 0 spiro atoms. The van der Waals surface area contributed by atoms with Gasteiger partial charge in [-0.2, -0.15) is 0 Å². The molecule has 0 bridgehead atoms. The molecule has 11 aromatic rings. The van der Waals surface area contributed by atoms with Crippen LogP contribution < -0.4 is 0 Å². The number of para-hydroxylation sites is 2. The highest BCUT2D eigenvalue weighted by Crippen LogP contribution is 2.43. The van der Waals surface area contributed by atoms with Gasteiger partial charge in [-0.3, -0.25) is 0 Å². The van der Waals surface area contributed by atoms with E-state index in [1.165, 1.54) is 26.9 Å². The average molecular weight is 701 g/mol. The van der Waals surface area contributed by atoms with E-state index >= 15 is 0 Å². The Hall–Kier alpha value is -7.43. The van der Waals surface area contributed by atoms with E-state index < -0.39 is 0 Å². The minimum atomic E-state index is 0.630. The van der Waals surface area contributed by atoms with Crippen molar-refractivity contribution >= 4 is 54.1 Å². The van der Waals surface area contributed by atoms with Crippen molar-refractivity contribution in [3.05, 3.63) is 194 Å². The van der Waals surface area contributed by atoms with E-state index in [2.05, 4.69) is 180 Å². The zero-order valence-corrected chi connectivity index (χ0v) is 29.8. The molecule has 4 nitrogen and oxygen atoms in total. The van der Waals surface area contributed by atoms with E-state index in [-0.39, 0.29) is 0 Å². The maximum absolute atomic E-state index is 5.43. The summed E-state index contributed by atoms with van der Waals surface area (Å²) in [6.45, 7) is 0. The van der Waals surface area contributed by atoms with E-state index in [4.69, 9.17) is 15.0 Å². The Kier molecular flexibility index (Phi) is 7.14. The molecule has 0 fully saturated rings. The molecule has 2 aromatic heterocycles. The zero-order valence-electron chi connectivity index (χ0n) is 29.8. The summed E-state index contributed by atoms with van der Waals surface area (Å²) >= 11 is 0. The van der Waals surface area contributed by atoms with Crippen LogP contribution in [-0.2, 0) is 0 Å². The lowest BCUT2D eigenvalue weighted by atomic mass is 9.92. The van der Waals surface area contributed by atoms with Crippen LogP contribution in [0.2, 0.25) is 0 Å². The lowest BCUT2D eigenvalue weighted by Gasteiger charge is -2.16. The van der Waals surface area contributed by atoms with Gasteiger partial charge in [-0.05, 0) is 73.8 Å². The van der Waals surface area contributed by atoms with Crippen molar-refractivity contribution in [2.24, 2.45) is 0 Å². The van der Waals surface area contributed by atoms with Gasteiger partial charge in [-0.25, -0.2) is 15.0 Å². The predicted octanol–water partition coefficient (Wildman–Crippen LogP) is 13.1. The smallest absolute Gasteiger partial charge is 0.165 e. The van der Waals surface area contributed by atoms with Gasteiger partial charge < -0.3 is 4.57 Å². The van der Waals surface area contributed by atoms with Crippen LogP contribution in [0.5, 0.6) is 0 Å². The first-order valence-electron chi connectivity index (χ1n) is 18.6. The molecule has 0 amide bonds. The first kappa shape index (κ1) is 31.1. The van der Waals surface area contributed by atoms with E-state index in [0.29, 0.717) is 17.5 Å². The highest BCUT2D eigenvalue weighted by Gasteiger charge is 2.22. The number of fused-ring (bicyclic) bond motifs is 7. The highest BCUT2D eigenvalue weighted by atomic mass is 15.0. The van der Waals surface area contributed by atoms with Crippen molar-refractivity contribution in [2.45, 2.75) is 0 Å². The molecule has 0 N–H and O–H groups in total. The molecule has 0 saturated heterocycles. The molecule has 9 aromatic carbocycles. The van der Waals surface area contributed by atoms with Crippen LogP contribution in [0.25, 0.3) is 105 Å². The van der Waals surface area contributed by atoms with Crippen molar-refractivity contribution in [3.8, 4) is 51.0 Å². The standard InChI is InChI=1S/C51H32N4/c1-3-17-34(18-4-1)49-52-50(54-51(53-49)48-38-23-10-8-19-35(38)32-44-37-22-9-7-16-33(37)30-31-41(44)48)42-25-12-11-24-39(42)40-27-15-29-46-47(40)43-26-13-14-28-45(43)55(46)36-20-5-2-6-21-36/h1-32H. The number of nitrogens with zero attached hydrogens (tertiary/aromatic N) is 4. The summed E-state index contributed by atoms with van der Waals surface area (Å²) in [7, 11) is 0. The maximum Gasteiger partial charge on any atom is 0.165 e. The minimum Gasteiger partial charge on any atom is -0.309 e. The molecule has 0 radical (unpaired) electrons. The maximum atomic E-state index is 5.43. The number of benzene rings is 9. The third-order valence-corrected chi connectivity index (χ3v) is 10.8. The first-order chi connectivity index (χ1) is 27.3. The Morgan fingerprint density at radius 1 is 0.327 bits per heavy atom. The highest BCUT2D eigenvalue weighted by molar-refractivity contribution is 6.20. The third-order valence-electron chi connectivity index (χ3n) is 10.8. The summed E-state index contributed by atoms with van der Waals surface area (Å²) in [5, 5.41) is 9.34. The number of hydrogen-bond donors (Lipinski definition) is 0. The van der Waals surface area contributed by atoms with Gasteiger partial charge in [0.2, 0.25) is 0 Å². The molecule has 55 heavy (non-hydrogen) atoms. The summed E-state index contributed by atoms with van der Waals surface area (Å²) in [4.78, 5) is 16.0. The van der Waals surface area contributed by atoms with E-state index in [0.717, 1.165) is 60.7 Å². The quantitative estimate of drug-likeness (QED) is 0.133. The first-order valence-corrected chi connectivity index (χ1v) is 18.6. The Balaban J connectivity index is 1.21. The second kappa shape index (κ2) is 12.6.